The minimum Gasteiger partial charge on any atom is -0.460 e. The maximum Gasteiger partial charge on any atom is 0.271 e. The Hall–Kier alpha value is -2.07. The zero-order valence-corrected chi connectivity index (χ0v) is 12.3. The first-order valence-electron chi connectivity index (χ1n) is 6.82. The minimum atomic E-state index is -0.287. The fourth-order valence-corrected chi connectivity index (χ4v) is 2.30. The molecule has 0 saturated heterocycles. The monoisotopic (exact) mass is 302 g/mol. The molecule has 2 atom stereocenters. The normalized spacial score (nSPS) is 20.7. The van der Waals surface area contributed by atoms with Gasteiger partial charge >= 0.3 is 0 Å². The highest BCUT2D eigenvalue weighted by Crippen LogP contribution is 2.47. The summed E-state index contributed by atoms with van der Waals surface area (Å²) in [6.45, 7) is 2.20. The Morgan fingerprint density at radius 2 is 2.05 bits per heavy atom. The lowest BCUT2D eigenvalue weighted by Gasteiger charge is -1.99. The smallest absolute Gasteiger partial charge is 0.271 e. The molecule has 1 N–H and O–H groups in total. The second-order valence-corrected chi connectivity index (χ2v) is 5.70. The molecule has 1 saturated carbocycles. The van der Waals surface area contributed by atoms with Gasteiger partial charge in [-0.1, -0.05) is 18.5 Å². The van der Waals surface area contributed by atoms with Crippen LogP contribution in [0.3, 0.4) is 0 Å². The van der Waals surface area contributed by atoms with E-state index in [0.29, 0.717) is 28.2 Å². The number of hydrazone groups is 1. The van der Waals surface area contributed by atoms with Gasteiger partial charge in [0.2, 0.25) is 0 Å². The fraction of sp³-hybridized carbons (Fsp3) is 0.250. The Labute approximate surface area is 127 Å². The molecule has 1 heterocycles. The van der Waals surface area contributed by atoms with Gasteiger partial charge in [0, 0.05) is 16.5 Å². The van der Waals surface area contributed by atoms with Crippen LogP contribution < -0.4 is 5.43 Å². The van der Waals surface area contributed by atoms with E-state index in [1.807, 2.05) is 12.1 Å². The summed E-state index contributed by atoms with van der Waals surface area (Å²) >= 11 is 5.77. The molecule has 1 aliphatic rings. The Morgan fingerprint density at radius 1 is 1.33 bits per heavy atom. The summed E-state index contributed by atoms with van der Waals surface area (Å²) in [5, 5.41) is 4.49. The first kappa shape index (κ1) is 13.9. The first-order chi connectivity index (χ1) is 10.1. The van der Waals surface area contributed by atoms with Crippen molar-refractivity contribution in [2.75, 3.05) is 0 Å². The Balaban J connectivity index is 1.57. The molecule has 1 aromatic carbocycles. The number of halogens is 1. The van der Waals surface area contributed by atoms with Gasteiger partial charge in [-0.2, -0.15) is 5.10 Å². The average molecular weight is 303 g/mol. The SMILES string of the molecule is C[C@@H]1C[C@@H]1c1ccc(/C=N\NC(=O)c2ccc(Cl)cc2)o1. The first-order valence-corrected chi connectivity index (χ1v) is 7.20. The van der Waals surface area contributed by atoms with Crippen LogP contribution in [0.5, 0.6) is 0 Å². The molecule has 1 amide bonds. The number of nitrogens with one attached hydrogen (secondary N) is 1. The number of amides is 1. The van der Waals surface area contributed by atoms with Crippen LogP contribution in [-0.4, -0.2) is 12.1 Å². The number of benzene rings is 1. The molecule has 1 aliphatic carbocycles. The molecule has 2 aromatic rings. The zero-order chi connectivity index (χ0) is 14.8. The molecule has 108 valence electrons. The summed E-state index contributed by atoms with van der Waals surface area (Å²) in [5.74, 6) is 2.58. The number of furan rings is 1. The van der Waals surface area contributed by atoms with Crippen molar-refractivity contribution in [3.8, 4) is 0 Å². The van der Waals surface area contributed by atoms with Gasteiger partial charge in [-0.15, -0.1) is 0 Å². The van der Waals surface area contributed by atoms with Crippen molar-refractivity contribution in [1.82, 2.24) is 5.43 Å². The van der Waals surface area contributed by atoms with Gasteiger partial charge in [0.25, 0.3) is 5.91 Å². The predicted molar refractivity (Wildman–Crippen MR) is 81.7 cm³/mol. The van der Waals surface area contributed by atoms with Crippen molar-refractivity contribution in [2.24, 2.45) is 11.0 Å². The number of nitrogens with zero attached hydrogens (tertiary/aromatic N) is 1. The van der Waals surface area contributed by atoms with Gasteiger partial charge in [0.05, 0.1) is 6.21 Å². The molecular weight excluding hydrogens is 288 g/mol. The summed E-state index contributed by atoms with van der Waals surface area (Å²) in [7, 11) is 0. The second-order valence-electron chi connectivity index (χ2n) is 5.27. The summed E-state index contributed by atoms with van der Waals surface area (Å²) < 4.78 is 5.66. The number of carbonyl (C=O) groups is 1. The van der Waals surface area contributed by atoms with Gasteiger partial charge in [-0.05, 0) is 48.7 Å². The van der Waals surface area contributed by atoms with Crippen LogP contribution in [0.2, 0.25) is 5.02 Å². The maximum absolute atomic E-state index is 11.8. The molecule has 4 nitrogen and oxygen atoms in total. The third kappa shape index (κ3) is 3.34. The molecule has 5 heteroatoms. The van der Waals surface area contributed by atoms with Crippen molar-refractivity contribution >= 4 is 23.7 Å². The standard InChI is InChI=1S/C16H15ClN2O2/c1-10-8-14(10)15-7-6-13(21-15)9-18-19-16(20)11-2-4-12(17)5-3-11/h2-7,9-10,14H,8H2,1H3,(H,19,20)/b18-9-/t10-,14+/m1/s1. The van der Waals surface area contributed by atoms with Gasteiger partial charge < -0.3 is 4.42 Å². The van der Waals surface area contributed by atoms with Crippen molar-refractivity contribution in [1.29, 1.82) is 0 Å². The maximum atomic E-state index is 11.8. The minimum absolute atomic E-state index is 0.287. The summed E-state index contributed by atoms with van der Waals surface area (Å²) in [5.41, 5.74) is 2.96. The molecule has 0 bridgehead atoms. The molecule has 0 aliphatic heterocycles. The third-order valence-electron chi connectivity index (χ3n) is 3.59. The van der Waals surface area contributed by atoms with E-state index in [0.717, 1.165) is 5.76 Å². The molecule has 1 aromatic heterocycles. The molecule has 0 spiro atoms. The molecule has 1 fully saturated rings. The lowest BCUT2D eigenvalue weighted by molar-refractivity contribution is 0.0955. The lowest BCUT2D eigenvalue weighted by Crippen LogP contribution is -2.17. The molecular formula is C16H15ClN2O2. The Kier molecular flexibility index (Phi) is 3.80. The number of carbonyl (C=O) groups excluding carboxylic acids is 1. The van der Waals surface area contributed by atoms with E-state index < -0.39 is 0 Å². The van der Waals surface area contributed by atoms with Crippen molar-refractivity contribution in [3.05, 3.63) is 58.5 Å². The van der Waals surface area contributed by atoms with E-state index in [1.165, 1.54) is 12.6 Å². The Bertz CT molecular complexity index is 676. The average Bonchev–Trinajstić information content (AvgIpc) is 3.01. The number of hydrogen-bond donors (Lipinski definition) is 1. The van der Waals surface area contributed by atoms with Gasteiger partial charge in [-0.25, -0.2) is 5.43 Å². The largest absolute Gasteiger partial charge is 0.460 e. The van der Waals surface area contributed by atoms with E-state index in [1.54, 1.807) is 24.3 Å². The highest BCUT2D eigenvalue weighted by molar-refractivity contribution is 6.30. The summed E-state index contributed by atoms with van der Waals surface area (Å²) in [6, 6.07) is 10.4. The zero-order valence-electron chi connectivity index (χ0n) is 11.5. The van der Waals surface area contributed by atoms with Crippen LogP contribution in [-0.2, 0) is 0 Å². The van der Waals surface area contributed by atoms with E-state index in [9.17, 15) is 4.79 Å². The Morgan fingerprint density at radius 3 is 2.71 bits per heavy atom. The molecule has 3 rings (SSSR count). The van der Waals surface area contributed by atoms with E-state index in [-0.39, 0.29) is 5.91 Å². The van der Waals surface area contributed by atoms with Crippen LogP contribution in [0, 0.1) is 5.92 Å². The topological polar surface area (TPSA) is 54.6 Å². The predicted octanol–water partition coefficient (Wildman–Crippen LogP) is 3.82. The summed E-state index contributed by atoms with van der Waals surface area (Å²) in [6.07, 6.45) is 2.68. The quantitative estimate of drug-likeness (QED) is 0.689. The molecule has 0 radical (unpaired) electrons. The highest BCUT2D eigenvalue weighted by atomic mass is 35.5. The third-order valence-corrected chi connectivity index (χ3v) is 3.84. The van der Waals surface area contributed by atoms with Crippen LogP contribution in [0.15, 0.2) is 45.9 Å². The lowest BCUT2D eigenvalue weighted by atomic mass is 10.2. The number of rotatable bonds is 4. The second kappa shape index (κ2) is 5.74. The van der Waals surface area contributed by atoms with Crippen LogP contribution in [0.1, 0.15) is 41.1 Å². The highest BCUT2D eigenvalue weighted by Gasteiger charge is 2.36. The summed E-state index contributed by atoms with van der Waals surface area (Å²) in [4.78, 5) is 11.8. The van der Waals surface area contributed by atoms with Crippen LogP contribution >= 0.6 is 11.6 Å². The fourth-order valence-electron chi connectivity index (χ4n) is 2.18. The van der Waals surface area contributed by atoms with Crippen molar-refractivity contribution in [2.45, 2.75) is 19.3 Å². The van der Waals surface area contributed by atoms with Gasteiger partial charge in [0.1, 0.15) is 11.5 Å². The number of hydrogen-bond acceptors (Lipinski definition) is 3. The van der Waals surface area contributed by atoms with Crippen LogP contribution in [0.4, 0.5) is 0 Å². The van der Waals surface area contributed by atoms with Crippen molar-refractivity contribution < 1.29 is 9.21 Å². The van der Waals surface area contributed by atoms with Gasteiger partial charge in [0.15, 0.2) is 0 Å². The van der Waals surface area contributed by atoms with Crippen LogP contribution in [0.25, 0.3) is 0 Å². The molecule has 0 unspecified atom stereocenters. The van der Waals surface area contributed by atoms with E-state index in [4.69, 9.17) is 16.0 Å². The van der Waals surface area contributed by atoms with E-state index in [2.05, 4.69) is 17.5 Å². The van der Waals surface area contributed by atoms with E-state index >= 15 is 0 Å². The van der Waals surface area contributed by atoms with Crippen molar-refractivity contribution in [3.63, 3.8) is 0 Å². The van der Waals surface area contributed by atoms with Gasteiger partial charge in [-0.3, -0.25) is 4.79 Å². The molecule has 21 heavy (non-hydrogen) atoms.